The summed E-state index contributed by atoms with van der Waals surface area (Å²) in [5.41, 5.74) is 1.24. The number of carbonyl (C=O) groups is 3. The zero-order chi connectivity index (χ0) is 33.9. The number of allylic oxidation sites excluding steroid dienone is 2. The molecular formula is C33H48IN7O5. The molecule has 46 heavy (non-hydrogen) atoms. The van der Waals surface area contributed by atoms with E-state index >= 15 is 0 Å². The van der Waals surface area contributed by atoms with Gasteiger partial charge >= 0.3 is 12.2 Å². The Labute approximate surface area is 286 Å². The third-order valence-corrected chi connectivity index (χ3v) is 9.54. The zero-order valence-electron chi connectivity index (χ0n) is 28.1. The Morgan fingerprint density at radius 1 is 0.978 bits per heavy atom. The predicted octanol–water partition coefficient (Wildman–Crippen LogP) is 6.69. The van der Waals surface area contributed by atoms with Gasteiger partial charge in [-0.1, -0.05) is 39.0 Å². The number of hydrogen-bond acceptors (Lipinski definition) is 10. The first-order valence-electron chi connectivity index (χ1n) is 15.8. The normalized spacial score (nSPS) is 14.3. The van der Waals surface area contributed by atoms with Gasteiger partial charge < -0.3 is 19.7 Å². The molecule has 2 aromatic rings. The number of carbonyl (C=O) groups excluding carboxylic acids is 3. The van der Waals surface area contributed by atoms with E-state index in [0.29, 0.717) is 30.4 Å². The molecule has 0 bridgehead atoms. The Hall–Kier alpha value is -3.20. The van der Waals surface area contributed by atoms with E-state index in [2.05, 4.69) is 78.5 Å². The lowest BCUT2D eigenvalue weighted by Gasteiger charge is -2.38. The molecule has 12 nitrogen and oxygen atoms in total. The smallest absolute Gasteiger partial charge is 0.415 e. The summed E-state index contributed by atoms with van der Waals surface area (Å²) in [6.07, 6.45) is 7.49. The second-order valence-electron chi connectivity index (χ2n) is 13.6. The quantitative estimate of drug-likeness (QED) is 0.134. The van der Waals surface area contributed by atoms with Crippen LogP contribution in [0.4, 0.5) is 9.59 Å². The molecule has 1 aromatic carbocycles. The SMILES string of the molecule is CN(Cc1nnc(C2=CCCCC2)nn1)C(=O)Oc1ccc(COC(=O)NCCCC[C@H](C(=O)C(C)(C)C)N(I)C(C)(C)C)cc1. The Kier molecular flexibility index (Phi) is 13.8. The highest BCUT2D eigenvalue weighted by Gasteiger charge is 2.36. The molecule has 0 saturated heterocycles. The van der Waals surface area contributed by atoms with Gasteiger partial charge in [-0.05, 0) is 89.0 Å². The van der Waals surface area contributed by atoms with E-state index in [0.717, 1.165) is 43.2 Å². The summed E-state index contributed by atoms with van der Waals surface area (Å²) in [6, 6.07) is 6.53. The minimum Gasteiger partial charge on any atom is -0.445 e. The Morgan fingerprint density at radius 2 is 1.65 bits per heavy atom. The van der Waals surface area contributed by atoms with Gasteiger partial charge in [-0.2, -0.15) is 0 Å². The molecule has 0 aliphatic heterocycles. The number of benzene rings is 1. The maximum Gasteiger partial charge on any atom is 0.415 e. The third-order valence-electron chi connectivity index (χ3n) is 7.42. The highest BCUT2D eigenvalue weighted by Crippen LogP contribution is 2.30. The first-order valence-corrected chi connectivity index (χ1v) is 16.8. The highest BCUT2D eigenvalue weighted by molar-refractivity contribution is 14.1. The van der Waals surface area contributed by atoms with Crippen LogP contribution in [0.1, 0.15) is 104 Å². The van der Waals surface area contributed by atoms with E-state index in [1.807, 2.05) is 20.8 Å². The second kappa shape index (κ2) is 17.1. The molecule has 252 valence electrons. The van der Waals surface area contributed by atoms with Gasteiger partial charge in [-0.3, -0.25) is 4.79 Å². The van der Waals surface area contributed by atoms with Crippen molar-refractivity contribution in [3.05, 3.63) is 47.6 Å². The average molecular weight is 750 g/mol. The van der Waals surface area contributed by atoms with Gasteiger partial charge in [0.25, 0.3) is 0 Å². The molecular weight excluding hydrogens is 701 g/mol. The van der Waals surface area contributed by atoms with Crippen molar-refractivity contribution in [3.8, 4) is 5.75 Å². The van der Waals surface area contributed by atoms with Crippen molar-refractivity contribution in [2.75, 3.05) is 13.6 Å². The fourth-order valence-corrected chi connectivity index (χ4v) is 5.29. The third kappa shape index (κ3) is 11.9. The summed E-state index contributed by atoms with van der Waals surface area (Å²) in [7, 11) is 1.58. The predicted molar refractivity (Wildman–Crippen MR) is 184 cm³/mol. The number of Topliss-reactive ketones (excluding diaryl/α,β-unsaturated/α-hetero) is 1. The number of aromatic nitrogens is 4. The monoisotopic (exact) mass is 749 g/mol. The molecule has 2 amide bonds. The van der Waals surface area contributed by atoms with Crippen molar-refractivity contribution >= 4 is 46.4 Å². The molecule has 1 heterocycles. The van der Waals surface area contributed by atoms with E-state index in [1.165, 1.54) is 11.3 Å². The van der Waals surface area contributed by atoms with Crippen molar-refractivity contribution < 1.29 is 23.9 Å². The number of amides is 2. The molecule has 1 aromatic heterocycles. The van der Waals surface area contributed by atoms with Gasteiger partial charge in [0.05, 0.1) is 12.6 Å². The lowest BCUT2D eigenvalue weighted by Crippen LogP contribution is -2.48. The van der Waals surface area contributed by atoms with Crippen molar-refractivity contribution in [2.24, 2.45) is 5.41 Å². The number of hydrogen-bond donors (Lipinski definition) is 1. The molecule has 0 spiro atoms. The van der Waals surface area contributed by atoms with E-state index in [1.54, 1.807) is 31.3 Å². The van der Waals surface area contributed by atoms with E-state index in [-0.39, 0.29) is 30.5 Å². The molecule has 13 heteroatoms. The summed E-state index contributed by atoms with van der Waals surface area (Å²) < 4.78 is 12.9. The minimum atomic E-state index is -0.579. The van der Waals surface area contributed by atoms with Crippen molar-refractivity contribution in [1.29, 1.82) is 0 Å². The second-order valence-corrected chi connectivity index (χ2v) is 14.6. The molecule has 3 rings (SSSR count). The summed E-state index contributed by atoms with van der Waals surface area (Å²) in [4.78, 5) is 39.2. The largest absolute Gasteiger partial charge is 0.445 e. The first kappa shape index (κ1) is 37.3. The van der Waals surface area contributed by atoms with Crippen LogP contribution in [0.25, 0.3) is 5.57 Å². The maximum absolute atomic E-state index is 13.1. The standard InChI is InChI=1S/C33H48IN7O5/c1-32(2,3)28(42)26(41(34)33(4,5)6)15-11-12-20-35-30(43)45-22-23-16-18-25(19-17-23)46-31(44)40(7)21-27-36-38-29(39-37-27)24-13-9-8-10-14-24/h13,16-19,26H,8-12,14-15,20-22H2,1-7H3,(H,35,43)/t26-/m1/s1. The topological polar surface area (TPSA) is 140 Å². The van der Waals surface area contributed by atoms with Crippen LogP contribution in [0, 0.1) is 5.41 Å². The summed E-state index contributed by atoms with van der Waals surface area (Å²) in [5.74, 6) is 1.42. The molecule has 1 aliphatic rings. The van der Waals surface area contributed by atoms with E-state index < -0.39 is 17.6 Å². The molecule has 0 fully saturated rings. The summed E-state index contributed by atoms with van der Waals surface area (Å²) in [6.45, 7) is 12.8. The Morgan fingerprint density at radius 3 is 2.24 bits per heavy atom. The van der Waals surface area contributed by atoms with Gasteiger partial charge in [-0.25, -0.2) is 12.7 Å². The molecule has 0 radical (unpaired) electrons. The van der Waals surface area contributed by atoms with Crippen LogP contribution in [0.5, 0.6) is 5.75 Å². The summed E-state index contributed by atoms with van der Waals surface area (Å²) in [5, 5.41) is 19.4. The lowest BCUT2D eigenvalue weighted by molar-refractivity contribution is -0.131. The number of ether oxygens (including phenoxy) is 2. The van der Waals surface area contributed by atoms with E-state index in [9.17, 15) is 14.4 Å². The molecule has 0 unspecified atom stereocenters. The number of rotatable bonds is 13. The lowest BCUT2D eigenvalue weighted by atomic mass is 9.84. The van der Waals surface area contributed by atoms with Crippen LogP contribution in [0.15, 0.2) is 30.3 Å². The van der Waals surface area contributed by atoms with Crippen LogP contribution in [-0.2, 0) is 22.7 Å². The first-order chi connectivity index (χ1) is 21.6. The van der Waals surface area contributed by atoms with Gasteiger partial charge in [0.2, 0.25) is 0 Å². The fraction of sp³-hybridized carbons (Fsp3) is 0.606. The van der Waals surface area contributed by atoms with Crippen molar-refractivity contribution in [3.63, 3.8) is 0 Å². The fourth-order valence-electron chi connectivity index (χ4n) is 4.76. The van der Waals surface area contributed by atoms with E-state index in [4.69, 9.17) is 9.47 Å². The van der Waals surface area contributed by atoms with Crippen molar-refractivity contribution in [2.45, 2.75) is 111 Å². The van der Waals surface area contributed by atoms with Crippen LogP contribution >= 0.6 is 22.9 Å². The number of alkyl carbamates (subject to hydrolysis) is 1. The average Bonchev–Trinajstić information content (AvgIpc) is 3.01. The number of nitrogens with one attached hydrogen (secondary N) is 1. The highest BCUT2D eigenvalue weighted by atomic mass is 127. The number of halogens is 1. The van der Waals surface area contributed by atoms with Crippen molar-refractivity contribution in [1.82, 2.24) is 33.7 Å². The van der Waals surface area contributed by atoms with Gasteiger partial charge in [0.15, 0.2) is 17.4 Å². The Balaban J connectivity index is 1.36. The van der Waals surface area contributed by atoms with Crippen LogP contribution in [0.2, 0.25) is 0 Å². The summed E-state index contributed by atoms with van der Waals surface area (Å²) >= 11 is 2.26. The molecule has 1 N–H and O–H groups in total. The van der Waals surface area contributed by atoms with Crippen LogP contribution < -0.4 is 10.1 Å². The molecule has 0 saturated carbocycles. The van der Waals surface area contributed by atoms with Crippen LogP contribution in [0.3, 0.4) is 0 Å². The number of ketones is 1. The molecule has 1 aliphatic carbocycles. The zero-order valence-corrected chi connectivity index (χ0v) is 30.3. The minimum absolute atomic E-state index is 0.0712. The molecule has 1 atom stereocenters. The van der Waals surface area contributed by atoms with Gasteiger partial charge in [-0.15, -0.1) is 20.4 Å². The number of nitrogens with zero attached hydrogens (tertiary/aromatic N) is 6. The van der Waals surface area contributed by atoms with Crippen LogP contribution in [-0.4, -0.2) is 71.6 Å². The maximum atomic E-state index is 13.1. The van der Waals surface area contributed by atoms with Gasteiger partial charge in [0, 0.05) is 47.4 Å². The Bertz CT molecular complexity index is 1340. The number of unbranched alkanes of at least 4 members (excludes halogenated alkanes) is 1. The van der Waals surface area contributed by atoms with Gasteiger partial charge in [0.1, 0.15) is 12.4 Å².